The van der Waals surface area contributed by atoms with Gasteiger partial charge in [-0.1, -0.05) is 26.8 Å². The third-order valence-electron chi connectivity index (χ3n) is 4.71. The Morgan fingerprint density at radius 1 is 1.10 bits per heavy atom. The van der Waals surface area contributed by atoms with Crippen LogP contribution in [0.15, 0.2) is 24.3 Å². The highest BCUT2D eigenvalue weighted by Gasteiger charge is 2.34. The van der Waals surface area contributed by atoms with Crippen LogP contribution in [0.25, 0.3) is 0 Å². The Morgan fingerprint density at radius 2 is 1.77 bits per heavy atom. The zero-order chi connectivity index (χ0) is 22.7. The van der Waals surface area contributed by atoms with Crippen molar-refractivity contribution in [3.8, 4) is 11.5 Å². The zero-order valence-electron chi connectivity index (χ0n) is 18.5. The lowest BCUT2D eigenvalue weighted by atomic mass is 9.85. The molecule has 0 bridgehead atoms. The fraction of sp³-hybridized carbons (Fsp3) is 0.591. The highest BCUT2D eigenvalue weighted by molar-refractivity contribution is 5.90. The molecule has 0 saturated carbocycles. The van der Waals surface area contributed by atoms with Crippen LogP contribution in [0.3, 0.4) is 0 Å². The third kappa shape index (κ3) is 8.71. The molecule has 1 aromatic carbocycles. The zero-order valence-corrected chi connectivity index (χ0v) is 18.5. The Balaban J connectivity index is 2.60. The first-order valence-corrected chi connectivity index (χ1v) is 10.1. The molecule has 0 radical (unpaired) electrons. The number of hydrogen-bond acceptors (Lipinski definition) is 5. The van der Waals surface area contributed by atoms with Crippen molar-refractivity contribution < 1.29 is 29.0 Å². The van der Waals surface area contributed by atoms with Crippen molar-refractivity contribution in [1.29, 1.82) is 0 Å². The number of hydrogen-bond donors (Lipinski definition) is 3. The summed E-state index contributed by atoms with van der Waals surface area (Å²) in [4.78, 5) is 36.1. The number of rotatable bonds is 12. The summed E-state index contributed by atoms with van der Waals surface area (Å²) < 4.78 is 10.8. The van der Waals surface area contributed by atoms with Gasteiger partial charge in [0.05, 0.1) is 20.1 Å². The fourth-order valence-electron chi connectivity index (χ4n) is 2.99. The van der Waals surface area contributed by atoms with E-state index in [1.165, 1.54) is 7.05 Å². The van der Waals surface area contributed by atoms with Crippen LogP contribution in [0.4, 0.5) is 0 Å². The van der Waals surface area contributed by atoms with Crippen LogP contribution in [-0.4, -0.2) is 49.7 Å². The minimum atomic E-state index is -1.05. The summed E-state index contributed by atoms with van der Waals surface area (Å²) in [5.41, 5.74) is -0.506. The van der Waals surface area contributed by atoms with Gasteiger partial charge in [-0.15, -0.1) is 0 Å². The second kappa shape index (κ2) is 12.0. The van der Waals surface area contributed by atoms with Crippen molar-refractivity contribution in [2.75, 3.05) is 20.8 Å². The SMILES string of the molecule is CNC(=O)[C@@H](NC(=O)[C@@H](CCCCOc1cccc(OC)c1)CC(=O)O)C(C)(C)C. The van der Waals surface area contributed by atoms with Gasteiger partial charge in [0.1, 0.15) is 17.5 Å². The quantitative estimate of drug-likeness (QED) is 0.446. The molecule has 3 N–H and O–H groups in total. The maximum absolute atomic E-state index is 12.7. The van der Waals surface area contributed by atoms with Crippen LogP contribution >= 0.6 is 0 Å². The van der Waals surface area contributed by atoms with Gasteiger partial charge in [0.2, 0.25) is 11.8 Å². The number of benzene rings is 1. The fourth-order valence-corrected chi connectivity index (χ4v) is 2.99. The third-order valence-corrected chi connectivity index (χ3v) is 4.71. The lowest BCUT2D eigenvalue weighted by Crippen LogP contribution is -2.54. The number of methoxy groups -OCH3 is 1. The number of ether oxygens (including phenoxy) is 2. The number of carboxylic acids is 1. The molecule has 1 aromatic rings. The van der Waals surface area contributed by atoms with Gasteiger partial charge in [-0.25, -0.2) is 0 Å². The van der Waals surface area contributed by atoms with Gasteiger partial charge in [-0.2, -0.15) is 0 Å². The molecule has 0 aromatic heterocycles. The largest absolute Gasteiger partial charge is 0.497 e. The molecule has 0 unspecified atom stereocenters. The molecule has 0 heterocycles. The Bertz CT molecular complexity index is 714. The Hall–Kier alpha value is -2.77. The minimum Gasteiger partial charge on any atom is -0.497 e. The van der Waals surface area contributed by atoms with E-state index in [2.05, 4.69) is 10.6 Å². The Kier molecular flexibility index (Phi) is 10.1. The van der Waals surface area contributed by atoms with Crippen LogP contribution in [-0.2, 0) is 14.4 Å². The number of carbonyl (C=O) groups excluding carboxylic acids is 2. The first-order valence-electron chi connectivity index (χ1n) is 10.1. The van der Waals surface area contributed by atoms with Crippen molar-refractivity contribution in [1.82, 2.24) is 10.6 Å². The lowest BCUT2D eigenvalue weighted by molar-refractivity contribution is -0.142. The second-order valence-electron chi connectivity index (χ2n) is 8.24. The molecule has 8 heteroatoms. The van der Waals surface area contributed by atoms with Crippen LogP contribution in [0.2, 0.25) is 0 Å². The molecule has 0 aliphatic rings. The van der Waals surface area contributed by atoms with Gasteiger partial charge in [-0.05, 0) is 36.8 Å². The number of unbranched alkanes of at least 4 members (excludes halogenated alkanes) is 1. The maximum atomic E-state index is 12.7. The summed E-state index contributed by atoms with van der Waals surface area (Å²) in [5.74, 6) is -1.10. The average molecular weight is 423 g/mol. The molecule has 1 rings (SSSR count). The second-order valence-corrected chi connectivity index (χ2v) is 8.24. The van der Waals surface area contributed by atoms with Crippen molar-refractivity contribution in [3.05, 3.63) is 24.3 Å². The van der Waals surface area contributed by atoms with E-state index in [-0.39, 0.29) is 12.3 Å². The Labute approximate surface area is 178 Å². The summed E-state index contributed by atoms with van der Waals surface area (Å²) in [5, 5.41) is 14.5. The summed E-state index contributed by atoms with van der Waals surface area (Å²) >= 11 is 0. The van der Waals surface area contributed by atoms with Crippen molar-refractivity contribution in [3.63, 3.8) is 0 Å². The highest BCUT2D eigenvalue weighted by Crippen LogP contribution is 2.22. The molecular weight excluding hydrogens is 388 g/mol. The predicted molar refractivity (Wildman–Crippen MR) is 114 cm³/mol. The van der Waals surface area contributed by atoms with Crippen LogP contribution < -0.4 is 20.1 Å². The van der Waals surface area contributed by atoms with E-state index in [1.54, 1.807) is 13.2 Å². The van der Waals surface area contributed by atoms with E-state index in [9.17, 15) is 19.5 Å². The number of nitrogens with one attached hydrogen (secondary N) is 2. The highest BCUT2D eigenvalue weighted by atomic mass is 16.5. The van der Waals surface area contributed by atoms with E-state index in [1.807, 2.05) is 39.0 Å². The predicted octanol–water partition coefficient (Wildman–Crippen LogP) is 2.61. The Morgan fingerprint density at radius 3 is 2.33 bits per heavy atom. The molecule has 0 fully saturated rings. The normalized spacial score (nSPS) is 13.1. The lowest BCUT2D eigenvalue weighted by Gasteiger charge is -2.31. The van der Waals surface area contributed by atoms with Gasteiger partial charge in [-0.3, -0.25) is 14.4 Å². The van der Waals surface area contributed by atoms with E-state index >= 15 is 0 Å². The van der Waals surface area contributed by atoms with Gasteiger partial charge in [0.25, 0.3) is 0 Å². The summed E-state index contributed by atoms with van der Waals surface area (Å²) in [6.45, 7) is 5.97. The first kappa shape index (κ1) is 25.3. The van der Waals surface area contributed by atoms with Gasteiger partial charge < -0.3 is 25.2 Å². The molecule has 0 aliphatic carbocycles. The number of carbonyl (C=O) groups is 3. The molecule has 2 atom stereocenters. The molecule has 0 saturated heterocycles. The van der Waals surface area contributed by atoms with Gasteiger partial charge >= 0.3 is 5.97 Å². The van der Waals surface area contributed by atoms with Gasteiger partial charge in [0, 0.05) is 19.0 Å². The summed E-state index contributed by atoms with van der Waals surface area (Å²) in [6, 6.07) is 6.52. The topological polar surface area (TPSA) is 114 Å². The summed E-state index contributed by atoms with van der Waals surface area (Å²) in [6.07, 6.45) is 1.39. The van der Waals surface area contributed by atoms with Crippen molar-refractivity contribution >= 4 is 17.8 Å². The molecule has 0 spiro atoms. The van der Waals surface area contributed by atoms with Crippen LogP contribution in [0, 0.1) is 11.3 Å². The van der Waals surface area contributed by atoms with Gasteiger partial charge in [0.15, 0.2) is 0 Å². The number of amides is 2. The monoisotopic (exact) mass is 422 g/mol. The van der Waals surface area contributed by atoms with E-state index < -0.39 is 29.3 Å². The average Bonchev–Trinajstić information content (AvgIpc) is 2.69. The van der Waals surface area contributed by atoms with E-state index in [0.717, 1.165) is 0 Å². The number of aliphatic carboxylic acids is 1. The molecule has 2 amide bonds. The molecule has 0 aliphatic heterocycles. The number of likely N-dealkylation sites (N-methyl/N-ethyl adjacent to an activating group) is 1. The smallest absolute Gasteiger partial charge is 0.304 e. The minimum absolute atomic E-state index is 0.285. The first-order chi connectivity index (χ1) is 14.1. The van der Waals surface area contributed by atoms with Crippen molar-refractivity contribution in [2.45, 2.75) is 52.5 Å². The molecular formula is C22H34N2O6. The summed E-state index contributed by atoms with van der Waals surface area (Å²) in [7, 11) is 3.09. The van der Waals surface area contributed by atoms with E-state index in [4.69, 9.17) is 9.47 Å². The number of carboxylic acid groups (broad SMARTS) is 1. The van der Waals surface area contributed by atoms with Crippen LogP contribution in [0.1, 0.15) is 46.5 Å². The van der Waals surface area contributed by atoms with Crippen LogP contribution in [0.5, 0.6) is 11.5 Å². The van der Waals surface area contributed by atoms with Crippen molar-refractivity contribution in [2.24, 2.45) is 11.3 Å². The standard InChI is InChI=1S/C22H34N2O6/c1-22(2,3)19(21(28)23-4)24-20(27)15(13-18(25)26)9-6-7-12-30-17-11-8-10-16(14-17)29-5/h8,10-11,14-15,19H,6-7,9,12-13H2,1-5H3,(H,23,28)(H,24,27)(H,25,26)/t15-,19+/m0/s1. The molecule has 8 nitrogen and oxygen atoms in total. The maximum Gasteiger partial charge on any atom is 0.304 e. The van der Waals surface area contributed by atoms with E-state index in [0.29, 0.717) is 37.4 Å². The molecule has 168 valence electrons. The molecule has 30 heavy (non-hydrogen) atoms.